The number of carbonyl (C=O) groups is 1. The highest BCUT2D eigenvalue weighted by molar-refractivity contribution is 6.30. The molecule has 0 aliphatic heterocycles. The molecule has 0 bridgehead atoms. The van der Waals surface area contributed by atoms with Gasteiger partial charge < -0.3 is 18.6 Å². The first-order valence-electron chi connectivity index (χ1n) is 8.73. The summed E-state index contributed by atoms with van der Waals surface area (Å²) in [7, 11) is 0. The number of rotatable bonds is 9. The quantitative estimate of drug-likeness (QED) is 0.493. The second-order valence-electron chi connectivity index (χ2n) is 5.67. The second kappa shape index (κ2) is 9.75. The van der Waals surface area contributed by atoms with Crippen LogP contribution >= 0.6 is 11.6 Å². The Hall–Kier alpha value is -3.06. The number of halogens is 1. The SMILES string of the molecule is CCOc1ccc(OCCC(=O)OCc2nnc(-c3ccc(Cl)cc3)o2)cc1. The van der Waals surface area contributed by atoms with Crippen molar-refractivity contribution in [2.45, 2.75) is 20.0 Å². The van der Waals surface area contributed by atoms with Crippen LogP contribution in [0.25, 0.3) is 11.5 Å². The molecule has 0 radical (unpaired) electrons. The molecule has 1 aromatic heterocycles. The van der Waals surface area contributed by atoms with E-state index < -0.39 is 5.97 Å². The van der Waals surface area contributed by atoms with Gasteiger partial charge in [-0.3, -0.25) is 4.79 Å². The summed E-state index contributed by atoms with van der Waals surface area (Å²) in [4.78, 5) is 11.8. The third-order valence-corrected chi connectivity index (χ3v) is 3.88. The Kier molecular flexibility index (Phi) is 6.86. The Balaban J connectivity index is 1.40. The van der Waals surface area contributed by atoms with Gasteiger partial charge in [-0.25, -0.2) is 0 Å². The molecule has 3 rings (SSSR count). The van der Waals surface area contributed by atoms with Gasteiger partial charge in [-0.1, -0.05) is 11.6 Å². The average molecular weight is 403 g/mol. The number of carbonyl (C=O) groups excluding carboxylic acids is 1. The van der Waals surface area contributed by atoms with Crippen LogP contribution in [-0.4, -0.2) is 29.4 Å². The summed E-state index contributed by atoms with van der Waals surface area (Å²) in [6, 6.07) is 14.2. The third kappa shape index (κ3) is 5.72. The van der Waals surface area contributed by atoms with E-state index in [4.69, 9.17) is 30.2 Å². The zero-order valence-corrected chi connectivity index (χ0v) is 16.0. The van der Waals surface area contributed by atoms with E-state index >= 15 is 0 Å². The number of benzene rings is 2. The summed E-state index contributed by atoms with van der Waals surface area (Å²) in [5.74, 6) is 1.55. The number of esters is 1. The van der Waals surface area contributed by atoms with E-state index in [9.17, 15) is 4.79 Å². The van der Waals surface area contributed by atoms with Crippen molar-refractivity contribution in [1.29, 1.82) is 0 Å². The monoisotopic (exact) mass is 402 g/mol. The summed E-state index contributed by atoms with van der Waals surface area (Å²) in [6.07, 6.45) is 0.103. The van der Waals surface area contributed by atoms with Gasteiger partial charge in [0.15, 0.2) is 6.61 Å². The van der Waals surface area contributed by atoms with Gasteiger partial charge >= 0.3 is 5.97 Å². The molecule has 0 N–H and O–H groups in total. The van der Waals surface area contributed by atoms with Crippen LogP contribution in [0, 0.1) is 0 Å². The van der Waals surface area contributed by atoms with E-state index in [0.717, 1.165) is 11.3 Å². The molecule has 0 aliphatic rings. The van der Waals surface area contributed by atoms with Gasteiger partial charge in [0.05, 0.1) is 19.6 Å². The normalized spacial score (nSPS) is 10.5. The van der Waals surface area contributed by atoms with Crippen LogP contribution in [0.3, 0.4) is 0 Å². The van der Waals surface area contributed by atoms with Crippen molar-refractivity contribution in [3.63, 3.8) is 0 Å². The topological polar surface area (TPSA) is 83.7 Å². The molecule has 3 aromatic rings. The summed E-state index contributed by atoms with van der Waals surface area (Å²) >= 11 is 5.85. The molecular weight excluding hydrogens is 384 g/mol. The maximum atomic E-state index is 11.8. The fourth-order valence-corrected chi connectivity index (χ4v) is 2.41. The molecule has 0 aliphatic carbocycles. The zero-order valence-electron chi connectivity index (χ0n) is 15.3. The van der Waals surface area contributed by atoms with Gasteiger partial charge in [0.1, 0.15) is 11.5 Å². The lowest BCUT2D eigenvalue weighted by Crippen LogP contribution is -2.10. The first-order valence-corrected chi connectivity index (χ1v) is 9.11. The van der Waals surface area contributed by atoms with Crippen LogP contribution in [0.2, 0.25) is 5.02 Å². The van der Waals surface area contributed by atoms with Gasteiger partial charge in [0.25, 0.3) is 5.89 Å². The Bertz CT molecular complexity index is 894. The summed E-state index contributed by atoms with van der Waals surface area (Å²) in [6.45, 7) is 2.63. The molecule has 28 heavy (non-hydrogen) atoms. The lowest BCUT2D eigenvalue weighted by atomic mass is 10.2. The standard InChI is InChI=1S/C20H19ClN2O5/c1-2-25-16-7-9-17(10-8-16)26-12-11-19(24)27-13-18-22-23-20(28-18)14-3-5-15(21)6-4-14/h3-10H,2,11-13H2,1H3. The average Bonchev–Trinajstić information content (AvgIpc) is 3.18. The first kappa shape index (κ1) is 19.7. The molecule has 0 spiro atoms. The molecule has 8 heteroatoms. The van der Waals surface area contributed by atoms with Crippen molar-refractivity contribution in [3.8, 4) is 23.0 Å². The van der Waals surface area contributed by atoms with E-state index in [-0.39, 0.29) is 25.5 Å². The minimum atomic E-state index is -0.419. The number of hydrogen-bond donors (Lipinski definition) is 0. The molecule has 0 atom stereocenters. The minimum Gasteiger partial charge on any atom is -0.494 e. The van der Waals surface area contributed by atoms with Gasteiger partial charge in [0, 0.05) is 10.6 Å². The molecular formula is C20H19ClN2O5. The van der Waals surface area contributed by atoms with E-state index in [0.29, 0.717) is 23.3 Å². The van der Waals surface area contributed by atoms with E-state index in [1.165, 1.54) is 0 Å². The Morgan fingerprint density at radius 2 is 1.68 bits per heavy atom. The van der Waals surface area contributed by atoms with Crippen molar-refractivity contribution in [2.75, 3.05) is 13.2 Å². The maximum Gasteiger partial charge on any atom is 0.309 e. The Morgan fingerprint density at radius 1 is 1.00 bits per heavy atom. The number of ether oxygens (including phenoxy) is 3. The Morgan fingerprint density at radius 3 is 2.36 bits per heavy atom. The van der Waals surface area contributed by atoms with Crippen molar-refractivity contribution < 1.29 is 23.4 Å². The van der Waals surface area contributed by atoms with Crippen LogP contribution in [0.15, 0.2) is 52.9 Å². The number of nitrogens with zero attached hydrogens (tertiary/aromatic N) is 2. The van der Waals surface area contributed by atoms with E-state index in [1.54, 1.807) is 36.4 Å². The summed E-state index contributed by atoms with van der Waals surface area (Å²) < 4.78 is 21.5. The molecule has 1 heterocycles. The smallest absolute Gasteiger partial charge is 0.309 e. The minimum absolute atomic E-state index is 0.0948. The van der Waals surface area contributed by atoms with Gasteiger partial charge in [-0.2, -0.15) is 0 Å². The maximum absolute atomic E-state index is 11.8. The molecule has 0 unspecified atom stereocenters. The highest BCUT2D eigenvalue weighted by atomic mass is 35.5. The fourth-order valence-electron chi connectivity index (χ4n) is 2.29. The van der Waals surface area contributed by atoms with Crippen LogP contribution in [-0.2, 0) is 16.1 Å². The molecule has 2 aromatic carbocycles. The van der Waals surface area contributed by atoms with Crippen molar-refractivity contribution >= 4 is 17.6 Å². The molecule has 146 valence electrons. The fraction of sp³-hybridized carbons (Fsp3) is 0.250. The molecule has 7 nitrogen and oxygen atoms in total. The van der Waals surface area contributed by atoms with Crippen molar-refractivity contribution in [2.24, 2.45) is 0 Å². The largest absolute Gasteiger partial charge is 0.494 e. The summed E-state index contributed by atoms with van der Waals surface area (Å²) in [5, 5.41) is 8.41. The van der Waals surface area contributed by atoms with Crippen LogP contribution in [0.5, 0.6) is 11.5 Å². The van der Waals surface area contributed by atoms with Crippen LogP contribution < -0.4 is 9.47 Å². The Labute approximate surface area is 167 Å². The van der Waals surface area contributed by atoms with Gasteiger partial charge in [-0.05, 0) is 55.5 Å². The summed E-state index contributed by atoms with van der Waals surface area (Å²) in [5.41, 5.74) is 0.734. The van der Waals surface area contributed by atoms with Crippen LogP contribution in [0.4, 0.5) is 0 Å². The van der Waals surface area contributed by atoms with E-state index in [2.05, 4.69) is 10.2 Å². The lowest BCUT2D eigenvalue weighted by molar-refractivity contribution is -0.146. The molecule has 0 fully saturated rings. The lowest BCUT2D eigenvalue weighted by Gasteiger charge is -2.07. The first-order chi connectivity index (χ1) is 13.6. The molecule has 0 saturated carbocycles. The second-order valence-corrected chi connectivity index (χ2v) is 6.11. The molecule has 0 saturated heterocycles. The van der Waals surface area contributed by atoms with E-state index in [1.807, 2.05) is 19.1 Å². The third-order valence-electron chi connectivity index (χ3n) is 3.62. The zero-order chi connectivity index (χ0) is 19.8. The van der Waals surface area contributed by atoms with Gasteiger partial charge in [0.2, 0.25) is 5.89 Å². The number of aromatic nitrogens is 2. The highest BCUT2D eigenvalue weighted by Gasteiger charge is 2.11. The highest BCUT2D eigenvalue weighted by Crippen LogP contribution is 2.20. The predicted octanol–water partition coefficient (Wildman–Crippen LogP) is 4.30. The van der Waals surface area contributed by atoms with Gasteiger partial charge in [-0.15, -0.1) is 10.2 Å². The van der Waals surface area contributed by atoms with Crippen LogP contribution in [0.1, 0.15) is 19.2 Å². The predicted molar refractivity (Wildman–Crippen MR) is 102 cm³/mol. The van der Waals surface area contributed by atoms with Crippen molar-refractivity contribution in [1.82, 2.24) is 10.2 Å². The molecule has 0 amide bonds. The number of hydrogen-bond acceptors (Lipinski definition) is 7. The van der Waals surface area contributed by atoms with Crippen molar-refractivity contribution in [3.05, 3.63) is 59.4 Å².